The van der Waals surface area contributed by atoms with Crippen LogP contribution in [-0.2, 0) is 32.1 Å². The smallest absolute Gasteiger partial charge is 0.341 e. The highest BCUT2D eigenvalue weighted by molar-refractivity contribution is 7.17. The molecule has 2 rings (SSSR count). The number of amides is 2. The van der Waals surface area contributed by atoms with Gasteiger partial charge in [0.2, 0.25) is 0 Å². The molecule has 0 fully saturated rings. The lowest BCUT2D eigenvalue weighted by atomic mass is 9.93. The predicted octanol–water partition coefficient (Wildman–Crippen LogP) is 0.821. The summed E-state index contributed by atoms with van der Waals surface area (Å²) in [5.74, 6) is -2.38. The highest BCUT2D eigenvalue weighted by Gasteiger charge is 2.34. The third-order valence-corrected chi connectivity index (χ3v) is 4.79. The van der Waals surface area contributed by atoms with Crippen LogP contribution in [0.3, 0.4) is 0 Å². The summed E-state index contributed by atoms with van der Waals surface area (Å²) in [5, 5.41) is 14.2. The fourth-order valence-electron chi connectivity index (χ4n) is 2.44. The average molecular weight is 370 g/mol. The van der Waals surface area contributed by atoms with Crippen LogP contribution < -0.4 is 10.6 Å². The Kier molecular flexibility index (Phi) is 5.81. The predicted molar refractivity (Wildman–Crippen MR) is 91.6 cm³/mol. The van der Waals surface area contributed by atoms with Crippen molar-refractivity contribution in [3.63, 3.8) is 0 Å². The Morgan fingerprint density at radius 1 is 1.36 bits per heavy atom. The van der Waals surface area contributed by atoms with E-state index in [9.17, 15) is 14.4 Å². The fraction of sp³-hybridized carbons (Fsp3) is 0.562. The molecule has 9 heteroatoms. The van der Waals surface area contributed by atoms with Crippen molar-refractivity contribution < 1.29 is 29.0 Å². The molecule has 0 radical (unpaired) electrons. The Balaban J connectivity index is 2.26. The number of fused-ring (bicyclic) bond motifs is 1. The first-order valence-corrected chi connectivity index (χ1v) is 8.60. The van der Waals surface area contributed by atoms with E-state index in [1.54, 1.807) is 0 Å². The molecule has 8 nitrogen and oxygen atoms in total. The highest BCUT2D eigenvalue weighted by Crippen LogP contribution is 2.40. The third-order valence-electron chi connectivity index (χ3n) is 3.67. The maximum Gasteiger partial charge on any atom is 0.341 e. The van der Waals surface area contributed by atoms with E-state index in [2.05, 4.69) is 10.6 Å². The van der Waals surface area contributed by atoms with Crippen LogP contribution in [0, 0.1) is 0 Å². The van der Waals surface area contributed by atoms with Gasteiger partial charge in [-0.25, -0.2) is 4.79 Å². The first-order valence-electron chi connectivity index (χ1n) is 7.78. The first kappa shape index (κ1) is 19.4. The van der Waals surface area contributed by atoms with E-state index < -0.39 is 29.5 Å². The minimum absolute atomic E-state index is 0.0426. The quantitative estimate of drug-likeness (QED) is 0.534. The molecular weight excluding hydrogens is 348 g/mol. The number of thiophene rings is 1. The zero-order chi connectivity index (χ0) is 18.8. The Labute approximate surface area is 149 Å². The van der Waals surface area contributed by atoms with Crippen molar-refractivity contribution in [2.45, 2.75) is 45.5 Å². The van der Waals surface area contributed by atoms with Gasteiger partial charge >= 0.3 is 17.8 Å². The molecule has 3 N–H and O–H groups in total. The van der Waals surface area contributed by atoms with Gasteiger partial charge in [0.05, 0.1) is 31.0 Å². The van der Waals surface area contributed by atoms with Crippen LogP contribution in [0.4, 0.5) is 5.00 Å². The minimum atomic E-state index is -0.912. The number of rotatable bonds is 4. The molecule has 0 aliphatic carbocycles. The number of anilines is 1. The van der Waals surface area contributed by atoms with Gasteiger partial charge in [-0.2, -0.15) is 0 Å². The Morgan fingerprint density at radius 2 is 2.04 bits per heavy atom. The second kappa shape index (κ2) is 7.51. The molecule has 25 heavy (non-hydrogen) atoms. The summed E-state index contributed by atoms with van der Waals surface area (Å²) in [6.45, 7) is 5.59. The molecule has 0 saturated carbocycles. The van der Waals surface area contributed by atoms with Crippen molar-refractivity contribution in [1.82, 2.24) is 5.32 Å². The van der Waals surface area contributed by atoms with Gasteiger partial charge in [0, 0.05) is 17.8 Å². The largest absolute Gasteiger partial charge is 0.465 e. The lowest BCUT2D eigenvalue weighted by Crippen LogP contribution is -2.39. The van der Waals surface area contributed by atoms with Gasteiger partial charge in [-0.15, -0.1) is 11.3 Å². The van der Waals surface area contributed by atoms with Crippen molar-refractivity contribution in [2.75, 3.05) is 19.0 Å². The monoisotopic (exact) mass is 370 g/mol. The maximum absolute atomic E-state index is 12.2. The molecule has 1 aromatic rings. The molecule has 138 valence electrons. The van der Waals surface area contributed by atoms with E-state index in [1.165, 1.54) is 25.4 Å². The van der Waals surface area contributed by atoms with Crippen molar-refractivity contribution in [1.29, 1.82) is 0 Å². The molecule has 0 aromatic carbocycles. The van der Waals surface area contributed by atoms with E-state index >= 15 is 0 Å². The number of hydrogen-bond donors (Lipinski definition) is 3. The first-order chi connectivity index (χ1) is 11.6. The second-order valence-electron chi connectivity index (χ2n) is 6.44. The molecule has 1 aromatic heterocycles. The Hall–Kier alpha value is -1.97. The van der Waals surface area contributed by atoms with Crippen LogP contribution in [0.1, 0.15) is 41.6 Å². The summed E-state index contributed by atoms with van der Waals surface area (Å²) in [5.41, 5.74) is 0.593. The van der Waals surface area contributed by atoms with Gasteiger partial charge in [0.15, 0.2) is 0 Å². The molecular formula is C16H22N2O6S. The topological polar surface area (TPSA) is 114 Å². The van der Waals surface area contributed by atoms with Crippen molar-refractivity contribution >= 4 is 34.1 Å². The molecule has 1 aliphatic rings. The molecule has 2 amide bonds. The number of methoxy groups -OCH3 is 1. The zero-order valence-electron chi connectivity index (χ0n) is 14.6. The second-order valence-corrected chi connectivity index (χ2v) is 7.54. The average Bonchev–Trinajstić information content (AvgIpc) is 2.87. The van der Waals surface area contributed by atoms with Gasteiger partial charge < -0.3 is 25.2 Å². The number of carbonyl (C=O) groups is 3. The molecule has 0 saturated heterocycles. The van der Waals surface area contributed by atoms with Gasteiger partial charge in [-0.05, 0) is 26.3 Å². The SMILES string of the molecule is COC(=O)c1c(NC(=O)C(=O)NC[C@H](C)O)sc2c1CC(C)(C)OC2. The normalized spacial score (nSPS) is 16.5. The van der Waals surface area contributed by atoms with Crippen molar-refractivity contribution in [2.24, 2.45) is 0 Å². The number of nitrogens with one attached hydrogen (secondary N) is 2. The number of ether oxygens (including phenoxy) is 2. The number of aliphatic hydroxyl groups is 1. The van der Waals surface area contributed by atoms with Crippen molar-refractivity contribution in [3.05, 3.63) is 16.0 Å². The highest BCUT2D eigenvalue weighted by atomic mass is 32.1. The summed E-state index contributed by atoms with van der Waals surface area (Å²) in [6.07, 6.45) is -0.274. The van der Waals surface area contributed by atoms with E-state index in [4.69, 9.17) is 14.6 Å². The standard InChI is InChI=1S/C16H22N2O6S/c1-8(19)6-17-12(20)13(21)18-14-11(15(22)23-4)9-5-16(2,3)24-7-10(9)25-14/h8,19H,5-7H2,1-4H3,(H,17,20)(H,18,21)/t8-/m0/s1. The fourth-order valence-corrected chi connectivity index (χ4v) is 3.55. The number of esters is 1. The van der Waals surface area contributed by atoms with Crippen LogP contribution in [0.25, 0.3) is 0 Å². The van der Waals surface area contributed by atoms with Crippen LogP contribution in [0.2, 0.25) is 0 Å². The Bertz CT molecular complexity index is 695. The summed E-state index contributed by atoms with van der Waals surface area (Å²) in [6, 6.07) is 0. The van der Waals surface area contributed by atoms with Gasteiger partial charge in [0.1, 0.15) is 5.00 Å². The lowest BCUT2D eigenvalue weighted by Gasteiger charge is -2.30. The number of hydrogen-bond acceptors (Lipinski definition) is 7. The van der Waals surface area contributed by atoms with Crippen LogP contribution >= 0.6 is 11.3 Å². The summed E-state index contributed by atoms with van der Waals surface area (Å²) in [4.78, 5) is 36.8. The molecule has 2 heterocycles. The van der Waals surface area contributed by atoms with Crippen LogP contribution in [0.15, 0.2) is 0 Å². The number of carbonyl (C=O) groups excluding carboxylic acids is 3. The minimum Gasteiger partial charge on any atom is -0.465 e. The van der Waals surface area contributed by atoms with E-state index in [1.807, 2.05) is 13.8 Å². The summed E-state index contributed by atoms with van der Waals surface area (Å²) in [7, 11) is 1.26. The summed E-state index contributed by atoms with van der Waals surface area (Å²) < 4.78 is 10.6. The third kappa shape index (κ3) is 4.56. The van der Waals surface area contributed by atoms with E-state index in [0.717, 1.165) is 10.4 Å². The maximum atomic E-state index is 12.2. The van der Waals surface area contributed by atoms with Gasteiger partial charge in [-0.3, -0.25) is 9.59 Å². The zero-order valence-corrected chi connectivity index (χ0v) is 15.4. The van der Waals surface area contributed by atoms with Crippen LogP contribution in [-0.4, -0.2) is 48.2 Å². The van der Waals surface area contributed by atoms with E-state index in [-0.39, 0.29) is 17.1 Å². The summed E-state index contributed by atoms with van der Waals surface area (Å²) >= 11 is 1.19. The Morgan fingerprint density at radius 3 is 2.64 bits per heavy atom. The molecule has 0 bridgehead atoms. The molecule has 0 spiro atoms. The molecule has 0 unspecified atom stereocenters. The molecule has 1 aliphatic heterocycles. The van der Waals surface area contributed by atoms with E-state index in [0.29, 0.717) is 13.0 Å². The number of aliphatic hydroxyl groups excluding tert-OH is 1. The lowest BCUT2D eigenvalue weighted by molar-refractivity contribution is -0.136. The molecule has 1 atom stereocenters. The van der Waals surface area contributed by atoms with Gasteiger partial charge in [0.25, 0.3) is 0 Å². The van der Waals surface area contributed by atoms with Crippen molar-refractivity contribution in [3.8, 4) is 0 Å². The van der Waals surface area contributed by atoms with Crippen LogP contribution in [0.5, 0.6) is 0 Å². The van der Waals surface area contributed by atoms with Gasteiger partial charge in [-0.1, -0.05) is 0 Å².